The summed E-state index contributed by atoms with van der Waals surface area (Å²) in [7, 11) is 0. The Morgan fingerprint density at radius 1 is 1.35 bits per heavy atom. The van der Waals surface area contributed by atoms with E-state index in [9.17, 15) is 9.18 Å². The Kier molecular flexibility index (Phi) is 4.76. The molecule has 1 aromatic carbocycles. The van der Waals surface area contributed by atoms with Gasteiger partial charge in [0.2, 0.25) is 5.91 Å². The van der Waals surface area contributed by atoms with E-state index in [4.69, 9.17) is 0 Å². The van der Waals surface area contributed by atoms with Crippen molar-refractivity contribution < 1.29 is 9.18 Å². The van der Waals surface area contributed by atoms with E-state index in [1.807, 2.05) is 6.92 Å². The van der Waals surface area contributed by atoms with Crippen LogP contribution in [0.3, 0.4) is 0 Å². The number of halogens is 1. The van der Waals surface area contributed by atoms with Crippen molar-refractivity contribution in [2.24, 2.45) is 11.8 Å². The molecule has 2 N–H and O–H groups in total. The molecule has 0 radical (unpaired) electrons. The van der Waals surface area contributed by atoms with E-state index in [2.05, 4.69) is 24.5 Å². The Bertz CT molecular complexity index is 458. The lowest BCUT2D eigenvalue weighted by Gasteiger charge is -2.25. The van der Waals surface area contributed by atoms with E-state index >= 15 is 0 Å². The lowest BCUT2D eigenvalue weighted by Crippen LogP contribution is -2.40. The lowest BCUT2D eigenvalue weighted by molar-refractivity contribution is -0.126. The average Bonchev–Trinajstić information content (AvgIpc) is 2.83. The van der Waals surface area contributed by atoms with Crippen LogP contribution in [-0.4, -0.2) is 18.5 Å². The largest absolute Gasteiger partial charge is 0.349 e. The van der Waals surface area contributed by atoms with Crippen molar-refractivity contribution in [1.29, 1.82) is 0 Å². The van der Waals surface area contributed by atoms with Crippen LogP contribution in [0.25, 0.3) is 0 Å². The molecule has 1 aromatic rings. The topological polar surface area (TPSA) is 41.1 Å². The summed E-state index contributed by atoms with van der Waals surface area (Å²) in [6.45, 7) is 7.05. The molecule has 0 bridgehead atoms. The molecule has 1 aliphatic rings. The number of hydrogen-bond acceptors (Lipinski definition) is 2. The number of amides is 1. The van der Waals surface area contributed by atoms with E-state index in [1.54, 1.807) is 12.1 Å². The Morgan fingerprint density at radius 3 is 2.50 bits per heavy atom. The first kappa shape index (κ1) is 15.0. The molecule has 1 saturated heterocycles. The quantitative estimate of drug-likeness (QED) is 0.889. The molecule has 3 atom stereocenters. The van der Waals surface area contributed by atoms with Gasteiger partial charge in [0.05, 0.1) is 12.0 Å². The van der Waals surface area contributed by atoms with Crippen molar-refractivity contribution in [3.05, 3.63) is 35.6 Å². The Labute approximate surface area is 120 Å². The predicted octanol–water partition coefficient (Wildman–Crippen LogP) is 2.64. The Morgan fingerprint density at radius 2 is 2.00 bits per heavy atom. The molecule has 0 saturated carbocycles. The van der Waals surface area contributed by atoms with E-state index < -0.39 is 0 Å². The van der Waals surface area contributed by atoms with Crippen molar-refractivity contribution in [2.75, 3.05) is 6.54 Å². The summed E-state index contributed by atoms with van der Waals surface area (Å²) in [5.41, 5.74) is 0.952. The maximum atomic E-state index is 13.0. The highest BCUT2D eigenvalue weighted by molar-refractivity contribution is 5.80. The van der Waals surface area contributed by atoms with E-state index in [1.165, 1.54) is 12.1 Å². The maximum absolute atomic E-state index is 13.0. The minimum absolute atomic E-state index is 0.0247. The highest BCUT2D eigenvalue weighted by atomic mass is 19.1. The highest BCUT2D eigenvalue weighted by Crippen LogP contribution is 2.24. The first-order valence-corrected chi connectivity index (χ1v) is 7.28. The molecule has 1 heterocycles. The van der Waals surface area contributed by atoms with Crippen LogP contribution in [0.5, 0.6) is 0 Å². The van der Waals surface area contributed by atoms with Crippen LogP contribution in [-0.2, 0) is 4.79 Å². The second-order valence-corrected chi connectivity index (χ2v) is 5.92. The van der Waals surface area contributed by atoms with Crippen molar-refractivity contribution in [1.82, 2.24) is 10.6 Å². The van der Waals surface area contributed by atoms with Gasteiger partial charge < -0.3 is 10.6 Å². The van der Waals surface area contributed by atoms with Gasteiger partial charge in [0.25, 0.3) is 0 Å². The minimum Gasteiger partial charge on any atom is -0.349 e. The molecule has 0 aromatic heterocycles. The smallest absolute Gasteiger partial charge is 0.225 e. The predicted molar refractivity (Wildman–Crippen MR) is 77.7 cm³/mol. The number of nitrogens with one attached hydrogen (secondary N) is 2. The molecule has 0 aliphatic carbocycles. The van der Waals surface area contributed by atoms with Gasteiger partial charge >= 0.3 is 0 Å². The lowest BCUT2D eigenvalue weighted by atomic mass is 9.94. The van der Waals surface area contributed by atoms with Crippen LogP contribution >= 0.6 is 0 Å². The fourth-order valence-electron chi connectivity index (χ4n) is 2.78. The van der Waals surface area contributed by atoms with Crippen molar-refractivity contribution >= 4 is 5.91 Å². The molecule has 4 heteroatoms. The van der Waals surface area contributed by atoms with Gasteiger partial charge in [-0.2, -0.15) is 0 Å². The van der Waals surface area contributed by atoms with Crippen LogP contribution < -0.4 is 10.6 Å². The third-order valence-corrected chi connectivity index (χ3v) is 4.06. The number of carbonyl (C=O) groups excluding carboxylic acids is 1. The van der Waals surface area contributed by atoms with Gasteiger partial charge in [0.15, 0.2) is 0 Å². The van der Waals surface area contributed by atoms with Crippen LogP contribution in [0.4, 0.5) is 4.39 Å². The van der Waals surface area contributed by atoms with Crippen molar-refractivity contribution in [3.8, 4) is 0 Å². The summed E-state index contributed by atoms with van der Waals surface area (Å²) in [6, 6.07) is 6.52. The molecular weight excluding hydrogens is 255 g/mol. The fourth-order valence-corrected chi connectivity index (χ4v) is 2.78. The fraction of sp³-hybridized carbons (Fsp3) is 0.562. The van der Waals surface area contributed by atoms with Gasteiger partial charge in [-0.25, -0.2) is 4.39 Å². The van der Waals surface area contributed by atoms with Crippen LogP contribution in [0.2, 0.25) is 0 Å². The van der Waals surface area contributed by atoms with Gasteiger partial charge in [-0.3, -0.25) is 4.79 Å². The SMILES string of the molecule is CC(C)C(NC(=O)C1CCNC1C)c1ccc(F)cc1. The van der Waals surface area contributed by atoms with Gasteiger partial charge in [0.1, 0.15) is 5.82 Å². The number of benzene rings is 1. The third-order valence-electron chi connectivity index (χ3n) is 4.06. The Balaban J connectivity index is 2.09. The molecule has 3 unspecified atom stereocenters. The summed E-state index contributed by atoms with van der Waals surface area (Å²) < 4.78 is 13.0. The minimum atomic E-state index is -0.254. The zero-order valence-corrected chi connectivity index (χ0v) is 12.3. The molecule has 20 heavy (non-hydrogen) atoms. The van der Waals surface area contributed by atoms with Crippen LogP contribution in [0.1, 0.15) is 38.8 Å². The summed E-state index contributed by atoms with van der Waals surface area (Å²) in [5, 5.41) is 6.41. The molecule has 3 nitrogen and oxygen atoms in total. The van der Waals surface area contributed by atoms with Gasteiger partial charge in [-0.1, -0.05) is 26.0 Å². The molecule has 1 aliphatic heterocycles. The third kappa shape index (κ3) is 3.37. The van der Waals surface area contributed by atoms with Gasteiger partial charge in [0, 0.05) is 6.04 Å². The van der Waals surface area contributed by atoms with Crippen LogP contribution in [0, 0.1) is 17.7 Å². The molecule has 1 amide bonds. The monoisotopic (exact) mass is 278 g/mol. The van der Waals surface area contributed by atoms with Crippen LogP contribution in [0.15, 0.2) is 24.3 Å². The second-order valence-electron chi connectivity index (χ2n) is 5.92. The molecule has 2 rings (SSSR count). The Hall–Kier alpha value is -1.42. The number of carbonyl (C=O) groups is 1. The summed E-state index contributed by atoms with van der Waals surface area (Å²) in [5.74, 6) is 0.118. The maximum Gasteiger partial charge on any atom is 0.225 e. The first-order valence-electron chi connectivity index (χ1n) is 7.28. The summed E-state index contributed by atoms with van der Waals surface area (Å²) in [6.07, 6.45) is 0.876. The zero-order chi connectivity index (χ0) is 14.7. The van der Waals surface area contributed by atoms with Crippen molar-refractivity contribution in [3.63, 3.8) is 0 Å². The zero-order valence-electron chi connectivity index (χ0n) is 12.3. The highest BCUT2D eigenvalue weighted by Gasteiger charge is 2.31. The molecule has 110 valence electrons. The first-order chi connectivity index (χ1) is 9.49. The second kappa shape index (κ2) is 6.35. The summed E-state index contributed by atoms with van der Waals surface area (Å²) in [4.78, 5) is 12.4. The van der Waals surface area contributed by atoms with Crippen molar-refractivity contribution in [2.45, 2.75) is 39.3 Å². The normalized spacial score (nSPS) is 23.9. The van der Waals surface area contributed by atoms with E-state index in [-0.39, 0.29) is 35.6 Å². The number of rotatable bonds is 4. The molecule has 0 spiro atoms. The molecular formula is C16H23FN2O. The molecule has 1 fully saturated rings. The van der Waals surface area contributed by atoms with E-state index in [0.717, 1.165) is 18.5 Å². The van der Waals surface area contributed by atoms with Gasteiger partial charge in [-0.05, 0) is 43.5 Å². The average molecular weight is 278 g/mol. The number of hydrogen-bond donors (Lipinski definition) is 2. The van der Waals surface area contributed by atoms with Gasteiger partial charge in [-0.15, -0.1) is 0 Å². The summed E-state index contributed by atoms with van der Waals surface area (Å²) >= 11 is 0. The van der Waals surface area contributed by atoms with E-state index in [0.29, 0.717) is 0 Å². The standard InChI is InChI=1S/C16H23FN2O/c1-10(2)15(12-4-6-13(17)7-5-12)19-16(20)14-8-9-18-11(14)3/h4-7,10-11,14-15,18H,8-9H2,1-3H3,(H,19,20).